The van der Waals surface area contributed by atoms with Gasteiger partial charge < -0.3 is 9.84 Å². The highest BCUT2D eigenvalue weighted by Gasteiger charge is 2.62. The van der Waals surface area contributed by atoms with Gasteiger partial charge in [-0.25, -0.2) is 0 Å². The molecular weight excluding hydrogens is 600 g/mol. The molecule has 7 rings (SSSR count). The molecule has 4 amide bonds. The Kier molecular flexibility index (Phi) is 7.18. The number of fused-ring (bicyclic) bond motifs is 4. The number of allylic oxidation sites excluding steroid dienone is 2. The maximum absolute atomic E-state index is 14.3. The third-order valence-electron chi connectivity index (χ3n) is 10.3. The zero-order valence-electron chi connectivity index (χ0n) is 26.0. The number of benzene rings is 3. The predicted octanol–water partition coefficient (Wildman–Crippen LogP) is 4.85. The predicted molar refractivity (Wildman–Crippen MR) is 170 cm³/mol. The van der Waals surface area contributed by atoms with Crippen molar-refractivity contribution >= 4 is 46.6 Å². The molecular formula is C37H32N2O8. The average Bonchev–Trinajstić information content (AvgIpc) is 3.47. The summed E-state index contributed by atoms with van der Waals surface area (Å²) < 4.78 is 5.39. The van der Waals surface area contributed by atoms with Crippen molar-refractivity contribution in [3.8, 4) is 11.5 Å². The van der Waals surface area contributed by atoms with Gasteiger partial charge in [-0.15, -0.1) is 0 Å². The zero-order chi connectivity index (χ0) is 33.3. The van der Waals surface area contributed by atoms with Crippen LogP contribution in [0.4, 0.5) is 11.4 Å². The maximum Gasteiger partial charge on any atom is 0.238 e. The summed E-state index contributed by atoms with van der Waals surface area (Å²) in [5.74, 6) is -6.34. The van der Waals surface area contributed by atoms with Gasteiger partial charge in [0.1, 0.15) is 0 Å². The number of methoxy groups -OCH3 is 1. The number of phenols is 1. The van der Waals surface area contributed by atoms with E-state index in [4.69, 9.17) is 4.74 Å². The number of Topliss-reactive ketones (excluding diaryl/α,β-unsaturated/α-hetero) is 2. The minimum absolute atomic E-state index is 0.138. The molecule has 6 unspecified atom stereocenters. The quantitative estimate of drug-likeness (QED) is 0.231. The monoisotopic (exact) mass is 632 g/mol. The first-order valence-corrected chi connectivity index (χ1v) is 15.6. The topological polar surface area (TPSA) is 138 Å². The Morgan fingerprint density at radius 2 is 1.23 bits per heavy atom. The second-order valence-corrected chi connectivity index (χ2v) is 12.7. The number of carbonyl (C=O) groups is 6. The van der Waals surface area contributed by atoms with Crippen molar-refractivity contribution in [3.63, 3.8) is 0 Å². The van der Waals surface area contributed by atoms with Gasteiger partial charge in [-0.3, -0.25) is 38.6 Å². The molecule has 6 atom stereocenters. The number of rotatable bonds is 6. The minimum atomic E-state index is -0.880. The number of ketones is 2. The first-order chi connectivity index (χ1) is 22.5. The van der Waals surface area contributed by atoms with Crippen molar-refractivity contribution in [2.45, 2.75) is 32.6 Å². The first kappa shape index (κ1) is 30.3. The summed E-state index contributed by atoms with van der Waals surface area (Å²) in [5.41, 5.74) is 2.73. The number of para-hydroxylation sites is 1. The first-order valence-electron chi connectivity index (χ1n) is 15.6. The number of amides is 4. The van der Waals surface area contributed by atoms with Gasteiger partial charge in [0.05, 0.1) is 42.2 Å². The second kappa shape index (κ2) is 11.2. The molecule has 4 aliphatic rings. The summed E-state index contributed by atoms with van der Waals surface area (Å²) in [5, 5.41) is 11.4. The van der Waals surface area contributed by atoms with Crippen LogP contribution in [-0.4, -0.2) is 47.4 Å². The van der Waals surface area contributed by atoms with E-state index in [1.165, 1.54) is 25.9 Å². The lowest BCUT2D eigenvalue weighted by atomic mass is 9.57. The maximum atomic E-state index is 14.3. The number of imide groups is 2. The Morgan fingerprint density at radius 3 is 1.77 bits per heavy atom. The van der Waals surface area contributed by atoms with Gasteiger partial charge in [0.15, 0.2) is 23.1 Å². The van der Waals surface area contributed by atoms with Crippen LogP contribution in [0.25, 0.3) is 0 Å². The van der Waals surface area contributed by atoms with Crippen LogP contribution in [0.15, 0.2) is 78.4 Å². The molecule has 2 aliphatic heterocycles. The lowest BCUT2D eigenvalue weighted by Crippen LogP contribution is -2.43. The standard InChI is InChI=1S/C37H32N2O8/c1-18(40)20-7-11-22(12-8-20)38-34(43)26-16-15-24-27(31(26)36(38)45)17-28-32(30(24)25-5-4-6-29(47-3)33(25)42)37(46)39(35(28)44)23-13-9-21(10-14-23)19(2)41/h4-15,26-28,30-32,42H,16-17H2,1-3H3. The van der Waals surface area contributed by atoms with Crippen LogP contribution >= 0.6 is 0 Å². The van der Waals surface area contributed by atoms with E-state index in [1.54, 1.807) is 66.7 Å². The lowest BCUT2D eigenvalue weighted by molar-refractivity contribution is -0.126. The molecule has 0 radical (unpaired) electrons. The van der Waals surface area contributed by atoms with E-state index in [9.17, 15) is 33.9 Å². The number of aromatic hydroxyl groups is 1. The summed E-state index contributed by atoms with van der Waals surface area (Å²) in [6.45, 7) is 2.87. The van der Waals surface area contributed by atoms with E-state index in [0.717, 1.165) is 10.5 Å². The van der Waals surface area contributed by atoms with Gasteiger partial charge in [-0.1, -0.05) is 23.8 Å². The largest absolute Gasteiger partial charge is 0.504 e. The van der Waals surface area contributed by atoms with Gasteiger partial charge in [-0.05, 0) is 87.2 Å². The Bertz CT molecular complexity index is 1910. The number of ether oxygens (including phenoxy) is 1. The summed E-state index contributed by atoms with van der Waals surface area (Å²) in [6.07, 6.45) is 2.32. The van der Waals surface area contributed by atoms with Crippen LogP contribution in [0.2, 0.25) is 0 Å². The van der Waals surface area contributed by atoms with Crippen molar-refractivity contribution < 1.29 is 38.6 Å². The summed E-state index contributed by atoms with van der Waals surface area (Å²) in [4.78, 5) is 82.5. The molecule has 47 heavy (non-hydrogen) atoms. The third-order valence-corrected chi connectivity index (χ3v) is 10.3. The molecule has 1 N–H and O–H groups in total. The number of hydrogen-bond donors (Lipinski definition) is 1. The molecule has 1 saturated carbocycles. The fourth-order valence-corrected chi connectivity index (χ4v) is 8.09. The van der Waals surface area contributed by atoms with Crippen molar-refractivity contribution in [2.24, 2.45) is 29.6 Å². The fraction of sp³-hybridized carbons (Fsp3) is 0.297. The van der Waals surface area contributed by atoms with Gasteiger partial charge in [0.2, 0.25) is 23.6 Å². The molecule has 2 heterocycles. The molecule has 0 spiro atoms. The van der Waals surface area contributed by atoms with E-state index in [1.807, 2.05) is 6.08 Å². The van der Waals surface area contributed by atoms with Gasteiger partial charge in [0.25, 0.3) is 0 Å². The van der Waals surface area contributed by atoms with Crippen molar-refractivity contribution in [1.29, 1.82) is 0 Å². The van der Waals surface area contributed by atoms with Crippen LogP contribution < -0.4 is 14.5 Å². The zero-order valence-corrected chi connectivity index (χ0v) is 26.0. The highest BCUT2D eigenvalue weighted by atomic mass is 16.5. The smallest absolute Gasteiger partial charge is 0.238 e. The molecule has 3 fully saturated rings. The van der Waals surface area contributed by atoms with Crippen molar-refractivity contribution in [3.05, 3.63) is 95.1 Å². The number of phenolic OH excluding ortho intramolecular Hbond substituents is 1. The number of anilines is 2. The van der Waals surface area contributed by atoms with E-state index >= 15 is 0 Å². The average molecular weight is 633 g/mol. The van der Waals surface area contributed by atoms with E-state index in [0.29, 0.717) is 28.1 Å². The van der Waals surface area contributed by atoms with Crippen molar-refractivity contribution in [1.82, 2.24) is 0 Å². The second-order valence-electron chi connectivity index (χ2n) is 12.7. The van der Waals surface area contributed by atoms with E-state index in [2.05, 4.69) is 0 Å². The molecule has 3 aromatic rings. The molecule has 2 saturated heterocycles. The molecule has 0 bridgehead atoms. The lowest BCUT2D eigenvalue weighted by Gasteiger charge is -2.44. The summed E-state index contributed by atoms with van der Waals surface area (Å²) in [7, 11) is 1.42. The van der Waals surface area contributed by atoms with Crippen LogP contribution in [0, 0.1) is 29.6 Å². The van der Waals surface area contributed by atoms with Gasteiger partial charge in [-0.2, -0.15) is 0 Å². The van der Waals surface area contributed by atoms with E-state index in [-0.39, 0.29) is 41.8 Å². The normalized spacial score (nSPS) is 26.5. The molecule has 238 valence electrons. The summed E-state index contributed by atoms with van der Waals surface area (Å²) in [6, 6.07) is 17.6. The van der Waals surface area contributed by atoms with Crippen LogP contribution in [0.5, 0.6) is 11.5 Å². The van der Waals surface area contributed by atoms with Crippen LogP contribution in [-0.2, 0) is 19.2 Å². The molecule has 0 aromatic heterocycles. The van der Waals surface area contributed by atoms with Crippen LogP contribution in [0.3, 0.4) is 0 Å². The summed E-state index contributed by atoms with van der Waals surface area (Å²) >= 11 is 0. The highest BCUT2D eigenvalue weighted by Crippen LogP contribution is 2.59. The molecule has 3 aromatic carbocycles. The molecule has 10 heteroatoms. The minimum Gasteiger partial charge on any atom is -0.504 e. The van der Waals surface area contributed by atoms with Crippen LogP contribution in [0.1, 0.15) is 58.9 Å². The van der Waals surface area contributed by atoms with Crippen molar-refractivity contribution in [2.75, 3.05) is 16.9 Å². The third kappa shape index (κ3) is 4.53. The Labute approximate surface area is 270 Å². The van der Waals surface area contributed by atoms with Gasteiger partial charge in [0, 0.05) is 22.6 Å². The number of nitrogens with zero attached hydrogens (tertiary/aromatic N) is 2. The Hall–Kier alpha value is -5.38. The Morgan fingerprint density at radius 1 is 0.702 bits per heavy atom. The number of carbonyl (C=O) groups excluding carboxylic acids is 6. The Balaban J connectivity index is 1.32. The molecule has 2 aliphatic carbocycles. The molecule has 10 nitrogen and oxygen atoms in total. The van der Waals surface area contributed by atoms with Gasteiger partial charge >= 0.3 is 0 Å². The fourth-order valence-electron chi connectivity index (χ4n) is 8.09. The highest BCUT2D eigenvalue weighted by molar-refractivity contribution is 6.24. The van der Waals surface area contributed by atoms with E-state index < -0.39 is 53.2 Å². The SMILES string of the molecule is COc1cccc(C2C3=CCC4C(=O)N(c5ccc(C(C)=O)cc5)C(=O)C4C3CC3C(=O)N(c4ccc(C(C)=O)cc4)C(=O)C32)c1O. The number of hydrogen-bond acceptors (Lipinski definition) is 8.